The summed E-state index contributed by atoms with van der Waals surface area (Å²) in [6, 6.07) is 5.92. The number of likely N-dealkylation sites (tertiary alicyclic amines) is 1. The highest BCUT2D eigenvalue weighted by Gasteiger charge is 2.34. The molecule has 0 saturated carbocycles. The van der Waals surface area contributed by atoms with Crippen LogP contribution < -0.4 is 20.6 Å². The number of carboxylic acid groups (broad SMARTS) is 1. The van der Waals surface area contributed by atoms with E-state index in [2.05, 4.69) is 15.1 Å². The maximum absolute atomic E-state index is 13.6. The van der Waals surface area contributed by atoms with E-state index in [1.54, 1.807) is 56.0 Å². The average Bonchev–Trinajstić information content (AvgIpc) is 2.95. The Morgan fingerprint density at radius 1 is 1.07 bits per heavy atom. The largest absolute Gasteiger partial charge is 0.496 e. The molecule has 1 saturated heterocycles. The van der Waals surface area contributed by atoms with Gasteiger partial charge in [-0.3, -0.25) is 14.4 Å². The van der Waals surface area contributed by atoms with Gasteiger partial charge in [0.15, 0.2) is 0 Å². The molecule has 1 heterocycles. The van der Waals surface area contributed by atoms with Gasteiger partial charge in [0, 0.05) is 19.5 Å². The highest BCUT2D eigenvalue weighted by Crippen LogP contribution is 2.30. The lowest BCUT2D eigenvalue weighted by atomic mass is 10.0. The molecule has 2 aromatic carbocycles. The Balaban J connectivity index is 1.91. The van der Waals surface area contributed by atoms with Crippen molar-refractivity contribution in [1.82, 2.24) is 14.9 Å². The molecule has 2 atom stereocenters. The van der Waals surface area contributed by atoms with E-state index in [1.807, 2.05) is 0 Å². The van der Waals surface area contributed by atoms with Crippen LogP contribution >= 0.6 is 0 Å². The molecule has 1 aliphatic heterocycles. The van der Waals surface area contributed by atoms with Crippen molar-refractivity contribution in [2.24, 2.45) is 10.9 Å². The van der Waals surface area contributed by atoms with Crippen molar-refractivity contribution < 1.29 is 32.6 Å². The quantitative estimate of drug-likeness (QED) is 0.161. The van der Waals surface area contributed by atoms with Crippen LogP contribution in [0.5, 0.6) is 5.75 Å². The third-order valence-corrected chi connectivity index (χ3v) is 9.15. The minimum atomic E-state index is -4.35. The number of nitrogens with two attached hydrogens (primary N) is 1. The number of carbonyl (C=O) groups is 3. The predicted molar refractivity (Wildman–Crippen MR) is 158 cm³/mol. The summed E-state index contributed by atoms with van der Waals surface area (Å²) in [6.45, 7) is 5.99. The summed E-state index contributed by atoms with van der Waals surface area (Å²) in [5.74, 6) is 3.11. The van der Waals surface area contributed by atoms with Gasteiger partial charge < -0.3 is 25.9 Å². The van der Waals surface area contributed by atoms with Gasteiger partial charge in [-0.2, -0.15) is 9.82 Å². The summed E-state index contributed by atoms with van der Waals surface area (Å²) in [5, 5.41) is 15.7. The standard InChI is InChI=1S/C29H39N5O7S/c1-18-14-25(41-4)19(2)20(3)27(18)42(39,40)33-23(16-26(35)36)28(37)32-24(29(38)34-12-6-5-7-13-34)15-21-8-10-22(11-9-21)17-31-30/h8-11,14,17,23-24,33H,5-7,12-13,15-16,30H2,1-4H3,(H,32,37)(H,35,36)/t23-,24+/m0/s1. The van der Waals surface area contributed by atoms with Crippen molar-refractivity contribution in [3.8, 4) is 5.75 Å². The van der Waals surface area contributed by atoms with Crippen molar-refractivity contribution >= 4 is 34.0 Å². The van der Waals surface area contributed by atoms with Crippen molar-refractivity contribution in [1.29, 1.82) is 0 Å². The number of amides is 2. The fourth-order valence-electron chi connectivity index (χ4n) is 5.12. The first-order valence-electron chi connectivity index (χ1n) is 13.7. The number of sulfonamides is 1. The van der Waals surface area contributed by atoms with E-state index in [1.165, 1.54) is 13.3 Å². The molecular formula is C29H39N5O7S. The van der Waals surface area contributed by atoms with Crippen LogP contribution in [0, 0.1) is 20.8 Å². The molecule has 2 aromatic rings. The zero-order chi connectivity index (χ0) is 31.0. The monoisotopic (exact) mass is 601 g/mol. The number of nitrogens with zero attached hydrogens (tertiary/aromatic N) is 2. The first kappa shape index (κ1) is 32.5. The number of methoxy groups -OCH3 is 1. The summed E-state index contributed by atoms with van der Waals surface area (Å²) >= 11 is 0. The van der Waals surface area contributed by atoms with Gasteiger partial charge in [-0.15, -0.1) is 0 Å². The summed E-state index contributed by atoms with van der Waals surface area (Å²) in [6.07, 6.45) is 3.43. The molecule has 13 heteroatoms. The van der Waals surface area contributed by atoms with E-state index in [9.17, 15) is 27.9 Å². The summed E-state index contributed by atoms with van der Waals surface area (Å²) in [5.41, 5.74) is 2.86. The molecule has 3 rings (SSSR count). The maximum Gasteiger partial charge on any atom is 0.305 e. The maximum atomic E-state index is 13.6. The van der Waals surface area contributed by atoms with Gasteiger partial charge in [0.2, 0.25) is 21.8 Å². The number of hydrazone groups is 1. The molecule has 0 radical (unpaired) electrons. The van der Waals surface area contributed by atoms with Gasteiger partial charge in [0.25, 0.3) is 0 Å². The lowest BCUT2D eigenvalue weighted by molar-refractivity contribution is -0.140. The number of aryl methyl sites for hydroxylation is 1. The van der Waals surface area contributed by atoms with Crippen LogP contribution in [-0.4, -0.2) is 74.7 Å². The SMILES string of the molecule is COc1cc(C)c(S(=O)(=O)N[C@@H](CC(=O)O)C(=O)N[C@H](Cc2ccc(C=NN)cc2)C(=O)N2CCCCC2)c(C)c1C. The lowest BCUT2D eigenvalue weighted by Crippen LogP contribution is -2.56. The van der Waals surface area contributed by atoms with Crippen molar-refractivity contribution in [2.75, 3.05) is 20.2 Å². The number of hydrogen-bond acceptors (Lipinski definition) is 8. The number of ether oxygens (including phenoxy) is 1. The van der Waals surface area contributed by atoms with Crippen LogP contribution in [0.1, 0.15) is 53.5 Å². The normalized spacial score (nSPS) is 15.3. The van der Waals surface area contributed by atoms with Gasteiger partial charge in [-0.25, -0.2) is 8.42 Å². The summed E-state index contributed by atoms with van der Waals surface area (Å²) in [7, 11) is -2.87. The Morgan fingerprint density at radius 3 is 2.29 bits per heavy atom. The third kappa shape index (κ3) is 8.07. The number of carbonyl (C=O) groups excluding carboxylic acids is 2. The third-order valence-electron chi connectivity index (χ3n) is 7.39. The number of rotatable bonds is 12. The average molecular weight is 602 g/mol. The molecule has 1 fully saturated rings. The molecule has 0 spiro atoms. The van der Waals surface area contributed by atoms with Gasteiger partial charge in [-0.1, -0.05) is 24.3 Å². The van der Waals surface area contributed by atoms with Crippen LogP contribution in [0.4, 0.5) is 0 Å². The first-order valence-corrected chi connectivity index (χ1v) is 15.2. The van der Waals surface area contributed by atoms with E-state index < -0.39 is 40.4 Å². The van der Waals surface area contributed by atoms with Gasteiger partial charge >= 0.3 is 5.97 Å². The molecule has 1 aliphatic rings. The van der Waals surface area contributed by atoms with Crippen LogP contribution in [-0.2, 0) is 30.8 Å². The van der Waals surface area contributed by atoms with E-state index in [0.717, 1.165) is 30.4 Å². The van der Waals surface area contributed by atoms with E-state index >= 15 is 0 Å². The number of piperidine rings is 1. The first-order chi connectivity index (χ1) is 19.9. The lowest BCUT2D eigenvalue weighted by Gasteiger charge is -2.31. The van der Waals surface area contributed by atoms with Crippen LogP contribution in [0.15, 0.2) is 40.3 Å². The number of hydrogen-bond donors (Lipinski definition) is 4. The Labute approximate surface area is 246 Å². The molecule has 0 unspecified atom stereocenters. The van der Waals surface area contributed by atoms with Crippen molar-refractivity contribution in [3.05, 3.63) is 58.1 Å². The molecule has 0 aliphatic carbocycles. The number of benzene rings is 2. The van der Waals surface area contributed by atoms with Gasteiger partial charge in [0.05, 0.1) is 24.6 Å². The van der Waals surface area contributed by atoms with Crippen molar-refractivity contribution in [2.45, 2.75) is 69.9 Å². The highest BCUT2D eigenvalue weighted by atomic mass is 32.2. The topological polar surface area (TPSA) is 180 Å². The van der Waals surface area contributed by atoms with Crippen LogP contribution in [0.3, 0.4) is 0 Å². The van der Waals surface area contributed by atoms with Crippen LogP contribution in [0.25, 0.3) is 0 Å². The Hall–Kier alpha value is -3.97. The summed E-state index contributed by atoms with van der Waals surface area (Å²) < 4.78 is 34.7. The van der Waals surface area contributed by atoms with E-state index in [0.29, 0.717) is 35.5 Å². The van der Waals surface area contributed by atoms with Gasteiger partial charge in [-0.05, 0) is 73.9 Å². The predicted octanol–water partition coefficient (Wildman–Crippen LogP) is 1.77. The Bertz CT molecular complexity index is 1440. The Morgan fingerprint density at radius 2 is 1.71 bits per heavy atom. The molecule has 0 aromatic heterocycles. The second kappa shape index (κ2) is 14.3. The second-order valence-electron chi connectivity index (χ2n) is 10.4. The smallest absolute Gasteiger partial charge is 0.305 e. The fourth-order valence-corrected chi connectivity index (χ4v) is 6.85. The molecule has 0 bridgehead atoms. The zero-order valence-corrected chi connectivity index (χ0v) is 25.2. The van der Waals surface area contributed by atoms with E-state index in [4.69, 9.17) is 10.6 Å². The Kier molecular flexibility index (Phi) is 11.1. The fraction of sp³-hybridized carbons (Fsp3) is 0.448. The zero-order valence-electron chi connectivity index (χ0n) is 24.3. The second-order valence-corrected chi connectivity index (χ2v) is 12.1. The minimum Gasteiger partial charge on any atom is -0.496 e. The number of carboxylic acids is 1. The number of aliphatic carboxylic acids is 1. The van der Waals surface area contributed by atoms with Crippen molar-refractivity contribution in [3.63, 3.8) is 0 Å². The molecule has 228 valence electrons. The van der Waals surface area contributed by atoms with Crippen LogP contribution in [0.2, 0.25) is 0 Å². The highest BCUT2D eigenvalue weighted by molar-refractivity contribution is 7.89. The molecule has 12 nitrogen and oxygen atoms in total. The molecule has 5 N–H and O–H groups in total. The molecule has 42 heavy (non-hydrogen) atoms. The minimum absolute atomic E-state index is 0.0639. The molecular weight excluding hydrogens is 562 g/mol. The van der Waals surface area contributed by atoms with E-state index in [-0.39, 0.29) is 17.2 Å². The summed E-state index contributed by atoms with van der Waals surface area (Å²) in [4.78, 5) is 40.4. The number of nitrogens with one attached hydrogen (secondary N) is 2. The molecule has 2 amide bonds. The van der Waals surface area contributed by atoms with Gasteiger partial charge in [0.1, 0.15) is 17.8 Å².